The number of benzene rings is 2. The quantitative estimate of drug-likeness (QED) is 0.209. The molecule has 2 atom stereocenters. The Morgan fingerprint density at radius 1 is 0.881 bits per heavy atom. The number of hydrogen-bond acceptors (Lipinski definition) is 3. The minimum atomic E-state index is -5.04. The number of carbonyl (C=O) groups excluding carboxylic acids is 1. The molecule has 0 heterocycles. The molecule has 5 nitrogen and oxygen atoms in total. The van der Waals surface area contributed by atoms with E-state index in [0.29, 0.717) is 47.6 Å². The third kappa shape index (κ3) is 13.8. The van der Waals surface area contributed by atoms with E-state index in [1.165, 1.54) is 14.2 Å². The number of carbonyl (C=O) groups is 1. The molecule has 42 heavy (non-hydrogen) atoms. The Morgan fingerprint density at radius 3 is 1.67 bits per heavy atom. The van der Waals surface area contributed by atoms with Gasteiger partial charge in [-0.1, -0.05) is 55.1 Å². The molecule has 2 aromatic carbocycles. The highest BCUT2D eigenvalue weighted by Gasteiger charge is 2.38. The highest BCUT2D eigenvalue weighted by Crippen LogP contribution is 2.36. The van der Waals surface area contributed by atoms with Crippen molar-refractivity contribution in [2.24, 2.45) is 5.92 Å². The van der Waals surface area contributed by atoms with E-state index in [0.717, 1.165) is 5.56 Å². The Bertz CT molecular complexity index is 1090. The Balaban J connectivity index is 0.00000315. The van der Waals surface area contributed by atoms with Crippen LogP contribution in [0.3, 0.4) is 0 Å². The predicted octanol–water partition coefficient (Wildman–Crippen LogP) is 5.15. The van der Waals surface area contributed by atoms with Crippen molar-refractivity contribution < 1.29 is 62.1 Å². The third-order valence-corrected chi connectivity index (χ3v) is 6.21. The average Bonchev–Trinajstić information content (AvgIpc) is 2.85. The number of methoxy groups -OCH3 is 2. The monoisotopic (exact) mass is 732 g/mol. The van der Waals surface area contributed by atoms with Crippen molar-refractivity contribution in [3.05, 3.63) is 58.7 Å². The number of amides is 1. The summed E-state index contributed by atoms with van der Waals surface area (Å²) in [5, 5.41) is 2.69. The van der Waals surface area contributed by atoms with Crippen LogP contribution in [0.15, 0.2) is 36.4 Å². The number of alkyl halides is 9. The molecule has 0 unspecified atom stereocenters. The molecule has 1 N–H and O–H groups in total. The minimum absolute atomic E-state index is 0. The summed E-state index contributed by atoms with van der Waals surface area (Å²) in [5.41, 5.74) is -2.87. The Kier molecular flexibility index (Phi) is 16.4. The van der Waals surface area contributed by atoms with E-state index in [2.05, 4.69) is 5.32 Å². The number of ether oxygens (including phenoxy) is 2. The van der Waals surface area contributed by atoms with Crippen molar-refractivity contribution in [2.45, 2.75) is 49.5 Å². The van der Waals surface area contributed by atoms with Crippen molar-refractivity contribution in [2.75, 3.05) is 34.9 Å². The van der Waals surface area contributed by atoms with E-state index < -0.39 is 45.3 Å². The smallest absolute Gasteiger partial charge is 0.416 e. The molecule has 0 spiro atoms. The van der Waals surface area contributed by atoms with Crippen molar-refractivity contribution in [3.63, 3.8) is 0 Å². The van der Waals surface area contributed by atoms with Gasteiger partial charge in [-0.2, -0.15) is 26.3 Å². The normalized spacial score (nSPS) is 13.3. The molecule has 0 fully saturated rings. The van der Waals surface area contributed by atoms with Crippen LogP contribution in [0.25, 0.3) is 0 Å². The topological polar surface area (TPSA) is 47.6 Å². The number of halogens is 10. The lowest BCUT2D eigenvalue weighted by atomic mass is 9.96. The van der Waals surface area contributed by atoms with Crippen LogP contribution in [0.2, 0.25) is 0 Å². The molecule has 0 aliphatic carbocycles. The van der Waals surface area contributed by atoms with Crippen molar-refractivity contribution >= 4 is 40.7 Å². The van der Waals surface area contributed by atoms with Crippen LogP contribution in [-0.4, -0.2) is 55.6 Å². The van der Waals surface area contributed by atoms with Gasteiger partial charge < -0.3 is 36.3 Å². The van der Waals surface area contributed by atoms with Gasteiger partial charge in [-0.25, -0.2) is 0 Å². The fourth-order valence-electron chi connectivity index (χ4n) is 4.04. The lowest BCUT2D eigenvalue weighted by molar-refractivity contribution is -0.905. The van der Waals surface area contributed by atoms with E-state index in [1.54, 1.807) is 6.07 Å². The molecule has 0 saturated heterocycles. The molecule has 240 valence electrons. The SMILES string of the molecule is CC[C@H](C)[C@@H](C[N+](C)(C)Cc1cc(OC)cc(OC)c1)NC(=O)c1cc(C(F)(F)F)cc(C(F)(F)F)c1.ClC(Cl)Cl.[Br-]. The van der Waals surface area contributed by atoms with Gasteiger partial charge >= 0.3 is 12.4 Å². The highest BCUT2D eigenvalue weighted by atomic mass is 79.9. The number of quaternary nitrogens is 1. The molecular formula is C27H34BrCl3F6N2O3. The summed E-state index contributed by atoms with van der Waals surface area (Å²) < 4.78 is 89.8. The molecular weight excluding hydrogens is 701 g/mol. The number of rotatable bonds is 10. The Labute approximate surface area is 267 Å². The van der Waals surface area contributed by atoms with E-state index >= 15 is 0 Å². The van der Waals surface area contributed by atoms with Crippen LogP contribution >= 0.6 is 34.8 Å². The minimum Gasteiger partial charge on any atom is -1.00 e. The molecule has 2 aromatic rings. The highest BCUT2D eigenvalue weighted by molar-refractivity contribution is 6.63. The lowest BCUT2D eigenvalue weighted by Crippen LogP contribution is -3.00. The maximum atomic E-state index is 13.3. The first-order chi connectivity index (χ1) is 18.7. The molecule has 0 aliphatic heterocycles. The summed E-state index contributed by atoms with van der Waals surface area (Å²) >= 11 is 14.4. The number of nitrogens with one attached hydrogen (secondary N) is 1. The molecule has 0 bridgehead atoms. The molecule has 1 amide bonds. The first-order valence-electron chi connectivity index (χ1n) is 12.3. The first kappa shape index (κ1) is 40.4. The van der Waals surface area contributed by atoms with Crippen molar-refractivity contribution in [1.29, 1.82) is 0 Å². The summed E-state index contributed by atoms with van der Waals surface area (Å²) in [6.45, 7) is 4.62. The zero-order valence-corrected chi connectivity index (χ0v) is 27.6. The summed E-state index contributed by atoms with van der Waals surface area (Å²) in [5.74, 6) is 0.108. The van der Waals surface area contributed by atoms with Crippen LogP contribution in [-0.2, 0) is 18.9 Å². The number of hydrogen-bond donors (Lipinski definition) is 1. The van der Waals surface area contributed by atoms with E-state index in [4.69, 9.17) is 44.3 Å². The molecule has 0 saturated carbocycles. The fourth-order valence-corrected chi connectivity index (χ4v) is 4.04. The molecule has 2 rings (SSSR count). The molecule has 0 aliphatic rings. The van der Waals surface area contributed by atoms with Gasteiger partial charge in [0.05, 0.1) is 52.0 Å². The fraction of sp³-hybridized carbons (Fsp3) is 0.519. The van der Waals surface area contributed by atoms with Gasteiger partial charge in [0, 0.05) is 17.2 Å². The van der Waals surface area contributed by atoms with Gasteiger partial charge in [-0.3, -0.25) is 4.79 Å². The summed E-state index contributed by atoms with van der Waals surface area (Å²) in [4.78, 5) is 13.0. The van der Waals surface area contributed by atoms with Crippen molar-refractivity contribution in [1.82, 2.24) is 5.32 Å². The van der Waals surface area contributed by atoms with Crippen LogP contribution in [0, 0.1) is 5.92 Å². The summed E-state index contributed by atoms with van der Waals surface area (Å²) in [6.07, 6.45) is -9.44. The maximum Gasteiger partial charge on any atom is 0.416 e. The van der Waals surface area contributed by atoms with Gasteiger partial charge in [0.1, 0.15) is 18.0 Å². The zero-order chi connectivity index (χ0) is 31.8. The standard InChI is InChI=1S/C26H32F6N2O3.CHCl3.BrH/c1-7-16(2)23(15-34(3,4)14-17-8-21(36-5)13-22(9-17)37-6)33-24(35)18-10-19(25(27,28)29)12-20(11-18)26(30,31)32;2-1(3)4;/h8-13,16,23H,7,14-15H2,1-6H3;1H;1H/t16-,23+;;/m0../s1. The number of nitrogens with zero attached hydrogens (tertiary/aromatic N) is 1. The lowest BCUT2D eigenvalue weighted by Gasteiger charge is -2.36. The molecule has 0 aromatic heterocycles. The Hall–Kier alpha value is -1.60. The maximum absolute atomic E-state index is 13.3. The predicted molar refractivity (Wildman–Crippen MR) is 149 cm³/mol. The van der Waals surface area contributed by atoms with Crippen LogP contribution in [0.5, 0.6) is 11.5 Å². The molecule has 0 radical (unpaired) electrons. The number of likely N-dealkylation sites (N-methyl/N-ethyl adjacent to an activating group) is 1. The van der Waals surface area contributed by atoms with Gasteiger partial charge in [-0.05, 0) is 36.2 Å². The second-order valence-corrected chi connectivity index (χ2v) is 12.0. The van der Waals surface area contributed by atoms with Gasteiger partial charge in [0.15, 0.2) is 4.30 Å². The second-order valence-electron chi connectivity index (χ2n) is 10.0. The van der Waals surface area contributed by atoms with Gasteiger partial charge in [0.2, 0.25) is 0 Å². The third-order valence-electron chi connectivity index (χ3n) is 6.21. The first-order valence-corrected chi connectivity index (χ1v) is 13.6. The average molecular weight is 735 g/mol. The van der Waals surface area contributed by atoms with E-state index in [1.807, 2.05) is 40.1 Å². The largest absolute Gasteiger partial charge is 1.00 e. The van der Waals surface area contributed by atoms with Gasteiger partial charge in [-0.15, -0.1) is 0 Å². The zero-order valence-electron chi connectivity index (χ0n) is 23.8. The van der Waals surface area contributed by atoms with Crippen LogP contribution < -0.4 is 31.8 Å². The van der Waals surface area contributed by atoms with Crippen LogP contribution in [0.1, 0.15) is 47.3 Å². The van der Waals surface area contributed by atoms with E-state index in [-0.39, 0.29) is 29.0 Å². The van der Waals surface area contributed by atoms with Gasteiger partial charge in [0.25, 0.3) is 5.91 Å². The second kappa shape index (κ2) is 17.0. The van der Waals surface area contributed by atoms with Crippen LogP contribution in [0.4, 0.5) is 26.3 Å². The van der Waals surface area contributed by atoms with E-state index in [9.17, 15) is 31.1 Å². The Morgan fingerprint density at radius 2 is 1.31 bits per heavy atom. The van der Waals surface area contributed by atoms with Crippen molar-refractivity contribution in [3.8, 4) is 11.5 Å². The molecule has 15 heteroatoms. The summed E-state index contributed by atoms with van der Waals surface area (Å²) in [7, 11) is 6.90. The summed E-state index contributed by atoms with van der Waals surface area (Å²) in [6, 6.07) is 5.80.